The SMILES string of the molecule is COc1ccc(OC)c(C(C)NC(=O)c2csc(-c3cccs3)n2)c1. The van der Waals surface area contributed by atoms with Gasteiger partial charge >= 0.3 is 0 Å². The highest BCUT2D eigenvalue weighted by Crippen LogP contribution is 2.30. The molecule has 0 fully saturated rings. The number of carbonyl (C=O) groups excluding carboxylic acids is 1. The van der Waals surface area contributed by atoms with Gasteiger partial charge in [0, 0.05) is 10.9 Å². The molecule has 0 aliphatic rings. The molecule has 1 N–H and O–H groups in total. The van der Waals surface area contributed by atoms with E-state index in [1.807, 2.05) is 42.6 Å². The summed E-state index contributed by atoms with van der Waals surface area (Å²) in [5, 5.41) is 7.60. The van der Waals surface area contributed by atoms with Crippen molar-refractivity contribution in [3.8, 4) is 21.4 Å². The molecule has 1 amide bonds. The monoisotopic (exact) mass is 374 g/mol. The molecule has 1 unspecified atom stereocenters. The molecule has 2 aromatic heterocycles. The van der Waals surface area contributed by atoms with Crippen molar-refractivity contribution >= 4 is 28.6 Å². The number of ether oxygens (including phenoxy) is 2. The van der Waals surface area contributed by atoms with Gasteiger partial charge in [-0.25, -0.2) is 4.98 Å². The third kappa shape index (κ3) is 3.83. The fraction of sp³-hybridized carbons (Fsp3) is 0.222. The standard InChI is InChI=1S/C18H18N2O3S2/c1-11(13-9-12(22-2)6-7-15(13)23-3)19-17(21)14-10-25-18(20-14)16-5-4-8-24-16/h4-11H,1-3H3,(H,19,21). The lowest BCUT2D eigenvalue weighted by Crippen LogP contribution is -2.27. The minimum absolute atomic E-state index is 0.212. The van der Waals surface area contributed by atoms with Crippen LogP contribution in [0.3, 0.4) is 0 Å². The summed E-state index contributed by atoms with van der Waals surface area (Å²) >= 11 is 3.07. The Morgan fingerprint density at radius 3 is 2.72 bits per heavy atom. The van der Waals surface area contributed by atoms with Crippen molar-refractivity contribution in [2.24, 2.45) is 0 Å². The molecule has 5 nitrogen and oxygen atoms in total. The summed E-state index contributed by atoms with van der Waals surface area (Å²) in [6.07, 6.45) is 0. The number of methoxy groups -OCH3 is 2. The summed E-state index contributed by atoms with van der Waals surface area (Å²) in [5.74, 6) is 1.20. The van der Waals surface area contributed by atoms with Gasteiger partial charge in [0.2, 0.25) is 0 Å². The van der Waals surface area contributed by atoms with Crippen LogP contribution in [0.4, 0.5) is 0 Å². The molecule has 0 radical (unpaired) electrons. The molecule has 3 rings (SSSR count). The minimum Gasteiger partial charge on any atom is -0.497 e. The average Bonchev–Trinajstić information content (AvgIpc) is 3.32. The Balaban J connectivity index is 1.77. The Morgan fingerprint density at radius 1 is 1.20 bits per heavy atom. The van der Waals surface area contributed by atoms with Crippen molar-refractivity contribution in [1.29, 1.82) is 0 Å². The van der Waals surface area contributed by atoms with Crippen molar-refractivity contribution in [3.05, 3.63) is 52.3 Å². The first-order valence-electron chi connectivity index (χ1n) is 7.64. The summed E-state index contributed by atoms with van der Waals surface area (Å²) in [7, 11) is 3.21. The van der Waals surface area contributed by atoms with E-state index < -0.39 is 0 Å². The fourth-order valence-electron chi connectivity index (χ4n) is 2.42. The maximum absolute atomic E-state index is 12.5. The van der Waals surface area contributed by atoms with Crippen molar-refractivity contribution in [1.82, 2.24) is 10.3 Å². The average molecular weight is 374 g/mol. The van der Waals surface area contributed by atoms with E-state index in [9.17, 15) is 4.79 Å². The maximum Gasteiger partial charge on any atom is 0.271 e. The van der Waals surface area contributed by atoms with Crippen LogP contribution < -0.4 is 14.8 Å². The number of rotatable bonds is 6. The van der Waals surface area contributed by atoms with E-state index in [1.165, 1.54) is 11.3 Å². The Hall–Kier alpha value is -2.38. The van der Waals surface area contributed by atoms with Crippen LogP contribution in [0.5, 0.6) is 11.5 Å². The molecular formula is C18H18N2O3S2. The second kappa shape index (κ2) is 7.67. The highest BCUT2D eigenvalue weighted by Gasteiger charge is 2.18. The molecule has 0 bridgehead atoms. The quantitative estimate of drug-likeness (QED) is 0.696. The zero-order chi connectivity index (χ0) is 17.8. The second-order valence-electron chi connectivity index (χ2n) is 5.32. The van der Waals surface area contributed by atoms with Crippen molar-refractivity contribution in [2.75, 3.05) is 14.2 Å². The molecule has 0 saturated carbocycles. The van der Waals surface area contributed by atoms with Gasteiger partial charge in [0.25, 0.3) is 5.91 Å². The topological polar surface area (TPSA) is 60.5 Å². The van der Waals surface area contributed by atoms with Crippen LogP contribution in [0, 0.1) is 0 Å². The van der Waals surface area contributed by atoms with Crippen molar-refractivity contribution < 1.29 is 14.3 Å². The van der Waals surface area contributed by atoms with Gasteiger partial charge in [0.1, 0.15) is 22.2 Å². The highest BCUT2D eigenvalue weighted by molar-refractivity contribution is 7.20. The van der Waals surface area contributed by atoms with Gasteiger partial charge in [-0.1, -0.05) is 6.07 Å². The molecule has 130 valence electrons. The number of thiophene rings is 1. The smallest absolute Gasteiger partial charge is 0.271 e. The molecule has 0 aliphatic carbocycles. The van der Waals surface area contributed by atoms with Gasteiger partial charge in [0.05, 0.1) is 25.1 Å². The van der Waals surface area contributed by atoms with Gasteiger partial charge in [-0.2, -0.15) is 0 Å². The molecule has 0 spiro atoms. The van der Waals surface area contributed by atoms with Gasteiger partial charge in [-0.05, 0) is 36.6 Å². The first kappa shape index (κ1) is 17.4. The number of hydrogen-bond donors (Lipinski definition) is 1. The van der Waals surface area contributed by atoms with Crippen LogP contribution in [-0.4, -0.2) is 25.1 Å². The van der Waals surface area contributed by atoms with E-state index >= 15 is 0 Å². The Bertz CT molecular complexity index is 859. The fourth-order valence-corrected chi connectivity index (χ4v) is 4.03. The van der Waals surface area contributed by atoms with E-state index in [0.717, 1.165) is 15.4 Å². The van der Waals surface area contributed by atoms with Crippen LogP contribution in [0.15, 0.2) is 41.1 Å². The lowest BCUT2D eigenvalue weighted by Gasteiger charge is -2.17. The van der Waals surface area contributed by atoms with Gasteiger partial charge in [0.15, 0.2) is 0 Å². The first-order valence-corrected chi connectivity index (χ1v) is 9.40. The molecule has 3 aromatic rings. The molecule has 1 atom stereocenters. The van der Waals surface area contributed by atoms with Crippen LogP contribution in [0.25, 0.3) is 9.88 Å². The van der Waals surface area contributed by atoms with Gasteiger partial charge in [-0.3, -0.25) is 4.79 Å². The lowest BCUT2D eigenvalue weighted by molar-refractivity contribution is 0.0935. The largest absolute Gasteiger partial charge is 0.497 e. The Morgan fingerprint density at radius 2 is 2.04 bits per heavy atom. The summed E-state index contributed by atoms with van der Waals surface area (Å²) in [6, 6.07) is 9.23. The molecule has 1 aromatic carbocycles. The summed E-state index contributed by atoms with van der Waals surface area (Å²) in [6.45, 7) is 1.90. The number of carbonyl (C=O) groups is 1. The van der Waals surface area contributed by atoms with E-state index in [1.54, 1.807) is 30.9 Å². The molecule has 0 aliphatic heterocycles. The van der Waals surface area contributed by atoms with Crippen molar-refractivity contribution in [2.45, 2.75) is 13.0 Å². The number of nitrogens with one attached hydrogen (secondary N) is 1. The number of aromatic nitrogens is 1. The molecule has 2 heterocycles. The number of hydrogen-bond acceptors (Lipinski definition) is 6. The third-order valence-electron chi connectivity index (χ3n) is 3.72. The molecule has 7 heteroatoms. The predicted octanol–water partition coefficient (Wildman–Crippen LogP) is 4.38. The lowest BCUT2D eigenvalue weighted by atomic mass is 10.1. The third-order valence-corrected chi connectivity index (χ3v) is 5.60. The highest BCUT2D eigenvalue weighted by atomic mass is 32.1. The van der Waals surface area contributed by atoms with Crippen molar-refractivity contribution in [3.63, 3.8) is 0 Å². The second-order valence-corrected chi connectivity index (χ2v) is 7.12. The zero-order valence-corrected chi connectivity index (χ0v) is 15.7. The maximum atomic E-state index is 12.5. The first-order chi connectivity index (χ1) is 12.1. The van der Waals surface area contributed by atoms with E-state index in [0.29, 0.717) is 17.2 Å². The normalized spacial score (nSPS) is 11.8. The number of amides is 1. The zero-order valence-electron chi connectivity index (χ0n) is 14.1. The molecular weight excluding hydrogens is 356 g/mol. The number of benzene rings is 1. The van der Waals surface area contributed by atoms with Crippen LogP contribution >= 0.6 is 22.7 Å². The summed E-state index contributed by atoms with van der Waals surface area (Å²) < 4.78 is 10.6. The molecule has 0 saturated heterocycles. The predicted molar refractivity (Wildman–Crippen MR) is 101 cm³/mol. The van der Waals surface area contributed by atoms with Gasteiger partial charge < -0.3 is 14.8 Å². The van der Waals surface area contributed by atoms with E-state index in [2.05, 4.69) is 10.3 Å². The summed E-state index contributed by atoms with van der Waals surface area (Å²) in [5.41, 5.74) is 1.27. The number of nitrogens with zero attached hydrogens (tertiary/aromatic N) is 1. The van der Waals surface area contributed by atoms with E-state index in [4.69, 9.17) is 9.47 Å². The van der Waals surface area contributed by atoms with Crippen LogP contribution in [0.2, 0.25) is 0 Å². The Labute approximate surface area is 154 Å². The minimum atomic E-state index is -0.246. The van der Waals surface area contributed by atoms with Crippen LogP contribution in [0.1, 0.15) is 29.0 Å². The number of thiazole rings is 1. The summed E-state index contributed by atoms with van der Waals surface area (Å²) in [4.78, 5) is 18.0. The van der Waals surface area contributed by atoms with Crippen LogP contribution in [-0.2, 0) is 0 Å². The van der Waals surface area contributed by atoms with Gasteiger partial charge in [-0.15, -0.1) is 22.7 Å². The van der Waals surface area contributed by atoms with E-state index in [-0.39, 0.29) is 11.9 Å². The Kier molecular flexibility index (Phi) is 5.35. The molecule has 25 heavy (non-hydrogen) atoms.